The van der Waals surface area contributed by atoms with Crippen LogP contribution in [0.2, 0.25) is 0 Å². The number of hydrogen-bond donors (Lipinski definition) is 0. The molecule has 1 amide bonds. The number of ether oxygens (including phenoxy) is 2. The van der Waals surface area contributed by atoms with Crippen molar-refractivity contribution in [3.8, 4) is 5.75 Å². The summed E-state index contributed by atoms with van der Waals surface area (Å²) in [5, 5.41) is 0. The van der Waals surface area contributed by atoms with Gasteiger partial charge < -0.3 is 14.4 Å². The lowest BCUT2D eigenvalue weighted by atomic mass is 9.60. The van der Waals surface area contributed by atoms with Crippen LogP contribution in [0.4, 0.5) is 0 Å². The first kappa shape index (κ1) is 16.6. The third-order valence-electron chi connectivity index (χ3n) is 6.31. The number of fused-ring (bicyclic) bond motifs is 3. The summed E-state index contributed by atoms with van der Waals surface area (Å²) in [7, 11) is 1.67. The van der Waals surface area contributed by atoms with Gasteiger partial charge in [-0.3, -0.25) is 9.59 Å². The fourth-order valence-electron chi connectivity index (χ4n) is 4.47. The van der Waals surface area contributed by atoms with E-state index in [0.717, 1.165) is 18.6 Å². The predicted molar refractivity (Wildman–Crippen MR) is 92.4 cm³/mol. The van der Waals surface area contributed by atoms with E-state index in [1.807, 2.05) is 24.8 Å². The summed E-state index contributed by atoms with van der Waals surface area (Å²) in [6.45, 7) is 4.94. The van der Waals surface area contributed by atoms with Gasteiger partial charge in [-0.2, -0.15) is 0 Å². The van der Waals surface area contributed by atoms with Gasteiger partial charge in [-0.15, -0.1) is 0 Å². The Kier molecular flexibility index (Phi) is 3.87. The average molecular weight is 343 g/mol. The Morgan fingerprint density at radius 3 is 2.84 bits per heavy atom. The van der Waals surface area contributed by atoms with Crippen LogP contribution in [-0.4, -0.2) is 42.9 Å². The van der Waals surface area contributed by atoms with Gasteiger partial charge in [0.25, 0.3) is 0 Å². The molecule has 2 fully saturated rings. The van der Waals surface area contributed by atoms with Crippen LogP contribution in [0.5, 0.6) is 5.75 Å². The zero-order valence-electron chi connectivity index (χ0n) is 15.1. The highest BCUT2D eigenvalue weighted by Crippen LogP contribution is 2.46. The van der Waals surface area contributed by atoms with Gasteiger partial charge in [0, 0.05) is 18.4 Å². The summed E-state index contributed by atoms with van der Waals surface area (Å²) in [6, 6.07) is 6.16. The predicted octanol–water partition coefficient (Wildman–Crippen LogP) is 2.53. The molecule has 1 aromatic carbocycles. The number of Topliss-reactive ketones (excluding diaryl/α,β-unsaturated/α-hetero) is 1. The second kappa shape index (κ2) is 5.84. The minimum Gasteiger partial charge on any atom is -0.497 e. The molecule has 0 spiro atoms. The van der Waals surface area contributed by atoms with Crippen LogP contribution in [0.3, 0.4) is 0 Å². The number of hydrogen-bond acceptors (Lipinski definition) is 4. The highest BCUT2D eigenvalue weighted by Gasteiger charge is 2.54. The lowest BCUT2D eigenvalue weighted by Crippen LogP contribution is -2.59. The molecule has 5 heteroatoms. The largest absolute Gasteiger partial charge is 0.497 e. The topological polar surface area (TPSA) is 55.8 Å². The highest BCUT2D eigenvalue weighted by atomic mass is 16.5. The number of benzene rings is 1. The summed E-state index contributed by atoms with van der Waals surface area (Å²) in [5.74, 6) is 0.989. The van der Waals surface area contributed by atoms with E-state index in [9.17, 15) is 9.59 Å². The fraction of sp³-hybridized carbons (Fsp3) is 0.600. The highest BCUT2D eigenvalue weighted by molar-refractivity contribution is 6.00. The minimum absolute atomic E-state index is 0.0636. The maximum absolute atomic E-state index is 13.1. The molecule has 1 aliphatic heterocycles. The molecule has 5 nitrogen and oxygen atoms in total. The zero-order valence-corrected chi connectivity index (χ0v) is 15.1. The normalized spacial score (nSPS) is 30.1. The van der Waals surface area contributed by atoms with Crippen LogP contribution < -0.4 is 4.74 Å². The molecule has 3 aliphatic rings. The zero-order chi connectivity index (χ0) is 17.8. The molecular formula is C20H25NO4. The summed E-state index contributed by atoms with van der Waals surface area (Å²) >= 11 is 0. The summed E-state index contributed by atoms with van der Waals surface area (Å²) in [6.07, 6.45) is 2.10. The molecule has 1 aromatic rings. The molecule has 0 radical (unpaired) electrons. The van der Waals surface area contributed by atoms with Gasteiger partial charge in [-0.05, 0) is 36.1 Å². The Bertz CT molecular complexity index is 726. The molecule has 0 aromatic heterocycles. The number of amides is 1. The molecule has 1 saturated heterocycles. The van der Waals surface area contributed by atoms with Gasteiger partial charge >= 0.3 is 0 Å². The Balaban J connectivity index is 1.59. The van der Waals surface area contributed by atoms with Gasteiger partial charge in [-0.25, -0.2) is 0 Å². The van der Waals surface area contributed by atoms with Crippen molar-refractivity contribution in [3.63, 3.8) is 0 Å². The van der Waals surface area contributed by atoms with Crippen LogP contribution in [0.15, 0.2) is 18.2 Å². The number of rotatable bonds is 2. The minimum atomic E-state index is -0.523. The van der Waals surface area contributed by atoms with Crippen molar-refractivity contribution in [1.82, 2.24) is 4.90 Å². The number of ketones is 1. The maximum atomic E-state index is 13.1. The number of methoxy groups -OCH3 is 1. The molecule has 4 rings (SSSR count). The van der Waals surface area contributed by atoms with Crippen LogP contribution in [-0.2, 0) is 20.7 Å². The molecule has 3 atom stereocenters. The number of carbonyl (C=O) groups excluding carboxylic acids is 2. The number of morpholine rings is 1. The smallest absolute Gasteiger partial charge is 0.227 e. The molecule has 1 heterocycles. The lowest BCUT2D eigenvalue weighted by Gasteiger charge is -2.49. The Morgan fingerprint density at radius 1 is 1.36 bits per heavy atom. The lowest BCUT2D eigenvalue weighted by molar-refractivity contribution is -0.168. The Morgan fingerprint density at radius 2 is 2.16 bits per heavy atom. The molecule has 0 N–H and O–H groups in total. The second-order valence-corrected chi connectivity index (χ2v) is 7.90. The van der Waals surface area contributed by atoms with E-state index in [0.29, 0.717) is 19.6 Å². The van der Waals surface area contributed by atoms with E-state index in [2.05, 4.69) is 12.1 Å². The molecule has 25 heavy (non-hydrogen) atoms. The standard InChI is InChI=1S/C20H25NO4/c1-20(2)15(11-17(20)22)19(23)21-8-9-25-18-14-6-5-13(24-3)10-12(14)4-7-16(18)21/h5-6,10,15-16,18H,4,7-9,11H2,1-3H3. The van der Waals surface area contributed by atoms with Crippen molar-refractivity contribution in [3.05, 3.63) is 29.3 Å². The van der Waals surface area contributed by atoms with Crippen molar-refractivity contribution in [2.45, 2.75) is 45.3 Å². The van der Waals surface area contributed by atoms with Crippen LogP contribution in [0.1, 0.15) is 43.9 Å². The van der Waals surface area contributed by atoms with Crippen LogP contribution in [0, 0.1) is 11.3 Å². The number of nitrogens with zero attached hydrogens (tertiary/aromatic N) is 1. The number of carbonyl (C=O) groups is 2. The van der Waals surface area contributed by atoms with Crippen molar-refractivity contribution >= 4 is 11.7 Å². The maximum Gasteiger partial charge on any atom is 0.227 e. The third-order valence-corrected chi connectivity index (χ3v) is 6.31. The molecule has 2 aliphatic carbocycles. The first-order valence-corrected chi connectivity index (χ1v) is 9.05. The average Bonchev–Trinajstić information content (AvgIpc) is 2.64. The van der Waals surface area contributed by atoms with E-state index >= 15 is 0 Å². The summed E-state index contributed by atoms with van der Waals surface area (Å²) in [4.78, 5) is 26.9. The first-order chi connectivity index (χ1) is 11.9. The van der Waals surface area contributed by atoms with Gasteiger partial charge in [-0.1, -0.05) is 19.9 Å². The van der Waals surface area contributed by atoms with Crippen molar-refractivity contribution < 1.29 is 19.1 Å². The molecule has 0 bridgehead atoms. The van der Waals surface area contributed by atoms with Gasteiger partial charge in [0.1, 0.15) is 17.6 Å². The van der Waals surface area contributed by atoms with E-state index in [1.54, 1.807) is 7.11 Å². The molecule has 134 valence electrons. The van der Waals surface area contributed by atoms with E-state index in [-0.39, 0.29) is 29.8 Å². The fourth-order valence-corrected chi connectivity index (χ4v) is 4.47. The SMILES string of the molecule is COc1ccc2c(c1)CCC1C2OCCN1C(=O)C1CC(=O)C1(C)C. The van der Waals surface area contributed by atoms with E-state index in [4.69, 9.17) is 9.47 Å². The van der Waals surface area contributed by atoms with E-state index in [1.165, 1.54) is 11.1 Å². The van der Waals surface area contributed by atoms with Gasteiger partial charge in [0.2, 0.25) is 5.91 Å². The Hall–Kier alpha value is -1.88. The molecular weight excluding hydrogens is 318 g/mol. The first-order valence-electron chi connectivity index (χ1n) is 9.05. The second-order valence-electron chi connectivity index (χ2n) is 7.90. The Labute approximate surface area is 148 Å². The summed E-state index contributed by atoms with van der Waals surface area (Å²) in [5.41, 5.74) is 1.89. The van der Waals surface area contributed by atoms with Crippen LogP contribution in [0.25, 0.3) is 0 Å². The van der Waals surface area contributed by atoms with E-state index < -0.39 is 5.41 Å². The summed E-state index contributed by atoms with van der Waals surface area (Å²) < 4.78 is 11.4. The number of aryl methyl sites for hydroxylation is 1. The molecule has 3 unspecified atom stereocenters. The van der Waals surface area contributed by atoms with Crippen molar-refractivity contribution in [1.29, 1.82) is 0 Å². The van der Waals surface area contributed by atoms with Crippen LogP contribution >= 0.6 is 0 Å². The van der Waals surface area contributed by atoms with Gasteiger partial charge in [0.05, 0.1) is 25.7 Å². The van der Waals surface area contributed by atoms with Crippen molar-refractivity contribution in [2.75, 3.05) is 20.3 Å². The molecule has 1 saturated carbocycles. The third kappa shape index (κ3) is 2.48. The van der Waals surface area contributed by atoms with Gasteiger partial charge in [0.15, 0.2) is 0 Å². The van der Waals surface area contributed by atoms with Crippen molar-refractivity contribution in [2.24, 2.45) is 11.3 Å². The monoisotopic (exact) mass is 343 g/mol. The quantitative estimate of drug-likeness (QED) is 0.828.